The molecule has 0 fully saturated rings. The molecule has 2 rings (SSSR count). The number of rotatable bonds is 1. The Morgan fingerprint density at radius 3 is 2.64 bits per heavy atom. The summed E-state index contributed by atoms with van der Waals surface area (Å²) in [5.41, 5.74) is 5.20. The molecule has 0 aromatic heterocycles. The molecule has 1 aliphatic heterocycles. The highest BCUT2D eigenvalue weighted by molar-refractivity contribution is 5.70. The first-order valence-corrected chi connectivity index (χ1v) is 4.96. The van der Waals surface area contributed by atoms with Crippen LogP contribution in [0.4, 0.5) is 0 Å². The lowest BCUT2D eigenvalue weighted by molar-refractivity contribution is 0.979. The van der Waals surface area contributed by atoms with E-state index in [-0.39, 0.29) is 0 Å². The summed E-state index contributed by atoms with van der Waals surface area (Å²) in [6.45, 7) is 5.22. The summed E-state index contributed by atoms with van der Waals surface area (Å²) < 4.78 is 0. The molecule has 0 saturated carbocycles. The third kappa shape index (κ3) is 1.72. The minimum absolute atomic E-state index is 0.937. The summed E-state index contributed by atoms with van der Waals surface area (Å²) >= 11 is 0. The van der Waals surface area contributed by atoms with E-state index in [4.69, 9.17) is 0 Å². The second-order valence-electron chi connectivity index (χ2n) is 3.70. The van der Waals surface area contributed by atoms with Crippen molar-refractivity contribution >= 4 is 5.70 Å². The molecule has 72 valence electrons. The lowest BCUT2D eigenvalue weighted by Gasteiger charge is -2.16. The van der Waals surface area contributed by atoms with E-state index in [1.807, 2.05) is 0 Å². The summed E-state index contributed by atoms with van der Waals surface area (Å²) in [5, 5.41) is 3.39. The van der Waals surface area contributed by atoms with Crippen LogP contribution in [0.1, 0.15) is 18.1 Å². The molecule has 1 heteroatoms. The Hall–Kier alpha value is -1.50. The average molecular weight is 185 g/mol. The van der Waals surface area contributed by atoms with Gasteiger partial charge in [-0.05, 0) is 25.5 Å². The topological polar surface area (TPSA) is 12.0 Å². The zero-order chi connectivity index (χ0) is 9.97. The van der Waals surface area contributed by atoms with Gasteiger partial charge in [0, 0.05) is 17.8 Å². The van der Waals surface area contributed by atoms with Gasteiger partial charge in [-0.25, -0.2) is 0 Å². The van der Waals surface area contributed by atoms with Gasteiger partial charge in [0.25, 0.3) is 0 Å². The third-order valence-electron chi connectivity index (χ3n) is 2.52. The van der Waals surface area contributed by atoms with Crippen molar-refractivity contribution in [3.05, 3.63) is 53.1 Å². The molecule has 0 saturated heterocycles. The number of allylic oxidation sites excluding steroid dienone is 2. The maximum absolute atomic E-state index is 3.39. The molecule has 0 atom stereocenters. The number of hydrogen-bond donors (Lipinski definition) is 1. The lowest BCUT2D eigenvalue weighted by Crippen LogP contribution is -2.16. The highest BCUT2D eigenvalue weighted by Crippen LogP contribution is 2.19. The fourth-order valence-electron chi connectivity index (χ4n) is 1.71. The predicted octanol–water partition coefficient (Wildman–Crippen LogP) is 2.89. The van der Waals surface area contributed by atoms with E-state index in [0.29, 0.717) is 0 Å². The number of nitrogens with one attached hydrogen (secondary N) is 1. The molecule has 1 nitrogen and oxygen atoms in total. The van der Waals surface area contributed by atoms with Crippen molar-refractivity contribution in [3.63, 3.8) is 0 Å². The second kappa shape index (κ2) is 3.70. The SMILES string of the molecule is CC1=CCNC(c2ccccc2C)=C1. The summed E-state index contributed by atoms with van der Waals surface area (Å²) in [6, 6.07) is 8.46. The van der Waals surface area contributed by atoms with Crippen LogP contribution in [0.5, 0.6) is 0 Å². The van der Waals surface area contributed by atoms with E-state index in [0.717, 1.165) is 6.54 Å². The van der Waals surface area contributed by atoms with Crippen LogP contribution in [0.3, 0.4) is 0 Å². The van der Waals surface area contributed by atoms with Gasteiger partial charge in [0.1, 0.15) is 0 Å². The summed E-state index contributed by atoms with van der Waals surface area (Å²) in [4.78, 5) is 0. The van der Waals surface area contributed by atoms with Crippen molar-refractivity contribution in [3.8, 4) is 0 Å². The molecular formula is C13H15N. The molecular weight excluding hydrogens is 170 g/mol. The first kappa shape index (κ1) is 9.07. The van der Waals surface area contributed by atoms with Crippen LogP contribution in [-0.2, 0) is 0 Å². The Morgan fingerprint density at radius 2 is 1.93 bits per heavy atom. The molecule has 14 heavy (non-hydrogen) atoms. The van der Waals surface area contributed by atoms with E-state index in [1.54, 1.807) is 0 Å². The van der Waals surface area contributed by atoms with Gasteiger partial charge in [-0.3, -0.25) is 0 Å². The standard InChI is InChI=1S/C13H15N/c1-10-7-8-14-13(9-10)12-6-4-3-5-11(12)2/h3-7,9,14H,8H2,1-2H3. The van der Waals surface area contributed by atoms with E-state index in [1.165, 1.54) is 22.4 Å². The van der Waals surface area contributed by atoms with Gasteiger partial charge >= 0.3 is 0 Å². The van der Waals surface area contributed by atoms with Gasteiger partial charge in [0.15, 0.2) is 0 Å². The van der Waals surface area contributed by atoms with Crippen molar-refractivity contribution in [1.29, 1.82) is 0 Å². The number of benzene rings is 1. The van der Waals surface area contributed by atoms with Crippen molar-refractivity contribution in [2.75, 3.05) is 6.54 Å². The maximum Gasteiger partial charge on any atom is 0.0421 e. The van der Waals surface area contributed by atoms with Crippen LogP contribution in [0.15, 0.2) is 42.0 Å². The van der Waals surface area contributed by atoms with Crippen LogP contribution in [-0.4, -0.2) is 6.54 Å². The first-order valence-electron chi connectivity index (χ1n) is 4.96. The fourth-order valence-corrected chi connectivity index (χ4v) is 1.71. The van der Waals surface area contributed by atoms with Gasteiger partial charge < -0.3 is 5.32 Å². The van der Waals surface area contributed by atoms with Crippen LogP contribution in [0, 0.1) is 6.92 Å². The molecule has 1 heterocycles. The Bertz CT molecular complexity index is 399. The van der Waals surface area contributed by atoms with Gasteiger partial charge in [-0.2, -0.15) is 0 Å². The second-order valence-corrected chi connectivity index (χ2v) is 3.70. The highest BCUT2D eigenvalue weighted by Gasteiger charge is 2.06. The fraction of sp³-hybridized carbons (Fsp3) is 0.231. The average Bonchev–Trinajstić information content (AvgIpc) is 2.18. The molecule has 0 amide bonds. The third-order valence-corrected chi connectivity index (χ3v) is 2.52. The van der Waals surface area contributed by atoms with Gasteiger partial charge in [-0.15, -0.1) is 0 Å². The van der Waals surface area contributed by atoms with Crippen LogP contribution >= 0.6 is 0 Å². The predicted molar refractivity (Wildman–Crippen MR) is 60.9 cm³/mol. The monoisotopic (exact) mass is 185 g/mol. The van der Waals surface area contributed by atoms with Crippen molar-refractivity contribution in [2.24, 2.45) is 0 Å². The Kier molecular flexibility index (Phi) is 2.40. The number of dihydropyridines is 1. The van der Waals surface area contributed by atoms with Crippen molar-refractivity contribution in [1.82, 2.24) is 5.32 Å². The molecule has 1 aromatic rings. The molecule has 1 aromatic carbocycles. The molecule has 0 radical (unpaired) electrons. The van der Waals surface area contributed by atoms with Gasteiger partial charge in [-0.1, -0.05) is 35.9 Å². The van der Waals surface area contributed by atoms with Crippen molar-refractivity contribution < 1.29 is 0 Å². The molecule has 1 aliphatic rings. The lowest BCUT2D eigenvalue weighted by atomic mass is 10.0. The van der Waals surface area contributed by atoms with Gasteiger partial charge in [0.05, 0.1) is 0 Å². The van der Waals surface area contributed by atoms with Gasteiger partial charge in [0.2, 0.25) is 0 Å². The Balaban J connectivity index is 2.41. The normalized spacial score (nSPS) is 15.6. The quantitative estimate of drug-likeness (QED) is 0.709. The highest BCUT2D eigenvalue weighted by atomic mass is 14.9. The zero-order valence-corrected chi connectivity index (χ0v) is 8.67. The van der Waals surface area contributed by atoms with Crippen LogP contribution < -0.4 is 5.32 Å². The Morgan fingerprint density at radius 1 is 1.14 bits per heavy atom. The number of aryl methyl sites for hydroxylation is 1. The summed E-state index contributed by atoms with van der Waals surface area (Å²) in [6.07, 6.45) is 4.40. The van der Waals surface area contributed by atoms with E-state index >= 15 is 0 Å². The summed E-state index contributed by atoms with van der Waals surface area (Å²) in [7, 11) is 0. The van der Waals surface area contributed by atoms with Crippen molar-refractivity contribution in [2.45, 2.75) is 13.8 Å². The molecule has 1 N–H and O–H groups in total. The zero-order valence-electron chi connectivity index (χ0n) is 8.67. The summed E-state index contributed by atoms with van der Waals surface area (Å²) in [5.74, 6) is 0. The van der Waals surface area contributed by atoms with E-state index in [2.05, 4.69) is 55.6 Å². The minimum atomic E-state index is 0.937. The molecule has 0 unspecified atom stereocenters. The van der Waals surface area contributed by atoms with Crippen LogP contribution in [0.2, 0.25) is 0 Å². The Labute approximate surface area is 85.2 Å². The van der Waals surface area contributed by atoms with Crippen LogP contribution in [0.25, 0.3) is 5.70 Å². The van der Waals surface area contributed by atoms with E-state index in [9.17, 15) is 0 Å². The molecule has 0 spiro atoms. The molecule has 0 aliphatic carbocycles. The first-order chi connectivity index (χ1) is 6.77. The smallest absolute Gasteiger partial charge is 0.0421 e. The minimum Gasteiger partial charge on any atom is -0.381 e. The maximum atomic E-state index is 3.39. The molecule has 0 bridgehead atoms. The largest absolute Gasteiger partial charge is 0.381 e. The number of hydrogen-bond acceptors (Lipinski definition) is 1. The van der Waals surface area contributed by atoms with E-state index < -0.39 is 0 Å².